The van der Waals surface area contributed by atoms with Gasteiger partial charge in [0.1, 0.15) is 13.2 Å². The average Bonchev–Trinajstić information content (AvgIpc) is 3.33. The third-order valence-corrected chi connectivity index (χ3v) is 13.1. The van der Waals surface area contributed by atoms with Crippen LogP contribution >= 0.6 is 0 Å². The smallest absolute Gasteiger partial charge is 0.306 e. The summed E-state index contributed by atoms with van der Waals surface area (Å²) in [5.41, 5.74) is 0. The fourth-order valence-corrected chi connectivity index (χ4v) is 8.65. The molecule has 6 heteroatoms. The fourth-order valence-electron chi connectivity index (χ4n) is 8.65. The third kappa shape index (κ3) is 54.4. The van der Waals surface area contributed by atoms with Gasteiger partial charge < -0.3 is 14.2 Å². The summed E-state index contributed by atoms with van der Waals surface area (Å²) in [6, 6.07) is 0. The van der Waals surface area contributed by atoms with Crippen molar-refractivity contribution in [1.29, 1.82) is 0 Å². The van der Waals surface area contributed by atoms with Crippen molar-refractivity contribution >= 4 is 17.9 Å². The number of carbonyl (C=O) groups is 3. The first-order valence-corrected chi connectivity index (χ1v) is 29.5. The third-order valence-electron chi connectivity index (χ3n) is 13.1. The van der Waals surface area contributed by atoms with E-state index < -0.39 is 6.10 Å². The molecule has 0 amide bonds. The van der Waals surface area contributed by atoms with Gasteiger partial charge in [0.15, 0.2) is 6.10 Å². The van der Waals surface area contributed by atoms with E-state index in [1.165, 1.54) is 193 Å². The zero-order valence-corrected chi connectivity index (χ0v) is 44.9. The molecule has 0 heterocycles. The van der Waals surface area contributed by atoms with E-state index in [-0.39, 0.29) is 31.1 Å². The van der Waals surface area contributed by atoms with Crippen molar-refractivity contribution < 1.29 is 28.6 Å². The molecule has 0 aromatic carbocycles. The molecule has 0 spiro atoms. The first-order chi connectivity index (χ1) is 33.0. The summed E-state index contributed by atoms with van der Waals surface area (Å²) in [7, 11) is 0. The summed E-state index contributed by atoms with van der Waals surface area (Å²) in [4.78, 5) is 38.1. The summed E-state index contributed by atoms with van der Waals surface area (Å²) in [6.07, 6.45) is 67.1. The molecule has 0 aliphatic carbocycles. The Labute approximate surface area is 416 Å². The first kappa shape index (κ1) is 64.6. The summed E-state index contributed by atoms with van der Waals surface area (Å²) in [6.45, 7) is 6.63. The zero-order chi connectivity index (χ0) is 48.6. The zero-order valence-electron chi connectivity index (χ0n) is 44.9. The molecule has 0 N–H and O–H groups in total. The minimum Gasteiger partial charge on any atom is -0.462 e. The Morgan fingerprint density at radius 1 is 0.299 bits per heavy atom. The SMILES string of the molecule is CCCCC/C=C\C/C=C\CCCCCCCCCC(=O)OC(COC(=O)CCCCC/C=C\CCCCCCCC)COC(=O)CCCCCCCCCCCCCCCCCCCCC. The van der Waals surface area contributed by atoms with Crippen LogP contribution in [-0.4, -0.2) is 37.2 Å². The second-order valence-electron chi connectivity index (χ2n) is 19.9. The summed E-state index contributed by atoms with van der Waals surface area (Å²) >= 11 is 0. The van der Waals surface area contributed by atoms with E-state index in [2.05, 4.69) is 57.2 Å². The first-order valence-electron chi connectivity index (χ1n) is 29.5. The lowest BCUT2D eigenvalue weighted by molar-refractivity contribution is -0.167. The van der Waals surface area contributed by atoms with Gasteiger partial charge in [-0.3, -0.25) is 14.4 Å². The Hall–Kier alpha value is -2.37. The predicted molar refractivity (Wildman–Crippen MR) is 289 cm³/mol. The molecular formula is C61H112O6. The van der Waals surface area contributed by atoms with Crippen molar-refractivity contribution in [3.05, 3.63) is 36.5 Å². The van der Waals surface area contributed by atoms with Crippen LogP contribution in [0.4, 0.5) is 0 Å². The van der Waals surface area contributed by atoms with Crippen LogP contribution in [0.3, 0.4) is 0 Å². The van der Waals surface area contributed by atoms with Crippen LogP contribution in [-0.2, 0) is 28.6 Å². The van der Waals surface area contributed by atoms with Crippen LogP contribution in [0.15, 0.2) is 36.5 Å². The van der Waals surface area contributed by atoms with Crippen molar-refractivity contribution in [2.75, 3.05) is 13.2 Å². The monoisotopic (exact) mass is 941 g/mol. The Kier molecular flexibility index (Phi) is 54.2. The van der Waals surface area contributed by atoms with Crippen molar-refractivity contribution in [2.24, 2.45) is 0 Å². The number of ether oxygens (including phenoxy) is 3. The van der Waals surface area contributed by atoms with Crippen LogP contribution in [0.2, 0.25) is 0 Å². The van der Waals surface area contributed by atoms with Crippen molar-refractivity contribution in [2.45, 2.75) is 322 Å². The van der Waals surface area contributed by atoms with E-state index in [0.29, 0.717) is 19.3 Å². The molecule has 0 aliphatic rings. The normalized spacial score (nSPS) is 12.2. The molecule has 0 aliphatic heterocycles. The van der Waals surface area contributed by atoms with Crippen LogP contribution in [0, 0.1) is 0 Å². The van der Waals surface area contributed by atoms with E-state index in [1.807, 2.05) is 0 Å². The van der Waals surface area contributed by atoms with Gasteiger partial charge in [0.05, 0.1) is 0 Å². The second-order valence-corrected chi connectivity index (χ2v) is 19.9. The van der Waals surface area contributed by atoms with Gasteiger partial charge in [-0.15, -0.1) is 0 Å². The largest absolute Gasteiger partial charge is 0.462 e. The number of hydrogen-bond acceptors (Lipinski definition) is 6. The molecule has 0 radical (unpaired) electrons. The molecule has 0 bridgehead atoms. The summed E-state index contributed by atoms with van der Waals surface area (Å²) in [5, 5.41) is 0. The molecule has 0 saturated heterocycles. The molecule has 1 atom stereocenters. The highest BCUT2D eigenvalue weighted by Gasteiger charge is 2.19. The number of carbonyl (C=O) groups excluding carboxylic acids is 3. The van der Waals surface area contributed by atoms with Gasteiger partial charge in [0.25, 0.3) is 0 Å². The number of unbranched alkanes of at least 4 members (excludes halogenated alkanes) is 37. The quantitative estimate of drug-likeness (QED) is 0.0262. The van der Waals surface area contributed by atoms with Gasteiger partial charge in [-0.1, -0.05) is 256 Å². The number of rotatable bonds is 54. The minimum absolute atomic E-state index is 0.0764. The molecule has 0 fully saturated rings. The molecule has 0 aromatic rings. The van der Waals surface area contributed by atoms with E-state index in [0.717, 1.165) is 83.5 Å². The lowest BCUT2D eigenvalue weighted by Gasteiger charge is -2.18. The van der Waals surface area contributed by atoms with E-state index in [1.54, 1.807) is 0 Å². The number of esters is 3. The molecule has 392 valence electrons. The van der Waals surface area contributed by atoms with E-state index in [9.17, 15) is 14.4 Å². The lowest BCUT2D eigenvalue weighted by atomic mass is 10.0. The number of hydrogen-bond donors (Lipinski definition) is 0. The Morgan fingerprint density at radius 3 is 0.881 bits per heavy atom. The van der Waals surface area contributed by atoms with Crippen LogP contribution in [0.5, 0.6) is 0 Å². The van der Waals surface area contributed by atoms with Crippen molar-refractivity contribution in [3.63, 3.8) is 0 Å². The predicted octanol–water partition coefficient (Wildman–Crippen LogP) is 19.7. The molecule has 0 aromatic heterocycles. The van der Waals surface area contributed by atoms with Crippen molar-refractivity contribution in [3.8, 4) is 0 Å². The van der Waals surface area contributed by atoms with Gasteiger partial charge in [-0.05, 0) is 77.0 Å². The lowest BCUT2D eigenvalue weighted by Crippen LogP contribution is -2.30. The molecule has 0 rings (SSSR count). The summed E-state index contributed by atoms with van der Waals surface area (Å²) in [5.74, 6) is -0.883. The maximum Gasteiger partial charge on any atom is 0.306 e. The standard InChI is InChI=1S/C61H112O6/c1-4-7-10-13-16-19-22-25-27-29-30-32-33-36-39-42-45-48-51-54-60(63)66-57-58(56-65-59(62)53-50-47-44-41-38-35-24-21-18-15-12-9-6-3)67-61(64)55-52-49-46-43-40-37-34-31-28-26-23-20-17-14-11-8-5-2/h17,20,26,28,35,38,58H,4-16,18-19,21-25,27,29-34,36-37,39-57H2,1-3H3/b20-17-,28-26-,38-35-. The Balaban J connectivity index is 4.33. The minimum atomic E-state index is -0.779. The van der Waals surface area contributed by atoms with Crippen LogP contribution in [0.1, 0.15) is 316 Å². The highest BCUT2D eigenvalue weighted by Crippen LogP contribution is 2.17. The molecule has 67 heavy (non-hydrogen) atoms. The highest BCUT2D eigenvalue weighted by atomic mass is 16.6. The second kappa shape index (κ2) is 56.2. The van der Waals surface area contributed by atoms with E-state index in [4.69, 9.17) is 14.2 Å². The topological polar surface area (TPSA) is 78.9 Å². The van der Waals surface area contributed by atoms with Gasteiger partial charge in [0.2, 0.25) is 0 Å². The maximum absolute atomic E-state index is 12.9. The molecule has 0 saturated carbocycles. The average molecular weight is 942 g/mol. The van der Waals surface area contributed by atoms with Crippen LogP contribution in [0.25, 0.3) is 0 Å². The molecular weight excluding hydrogens is 829 g/mol. The maximum atomic E-state index is 12.9. The van der Waals surface area contributed by atoms with Gasteiger partial charge >= 0.3 is 17.9 Å². The van der Waals surface area contributed by atoms with Crippen molar-refractivity contribution in [1.82, 2.24) is 0 Å². The Morgan fingerprint density at radius 2 is 0.537 bits per heavy atom. The number of allylic oxidation sites excluding steroid dienone is 6. The van der Waals surface area contributed by atoms with E-state index >= 15 is 0 Å². The fraction of sp³-hybridized carbons (Fsp3) is 0.852. The highest BCUT2D eigenvalue weighted by molar-refractivity contribution is 5.71. The van der Waals surface area contributed by atoms with Gasteiger partial charge in [-0.25, -0.2) is 0 Å². The van der Waals surface area contributed by atoms with Crippen LogP contribution < -0.4 is 0 Å². The van der Waals surface area contributed by atoms with Gasteiger partial charge in [0, 0.05) is 19.3 Å². The summed E-state index contributed by atoms with van der Waals surface area (Å²) < 4.78 is 16.9. The molecule has 6 nitrogen and oxygen atoms in total. The Bertz CT molecular complexity index is 1130. The van der Waals surface area contributed by atoms with Gasteiger partial charge in [-0.2, -0.15) is 0 Å². The molecule has 1 unspecified atom stereocenters.